The average Bonchev–Trinajstić information content (AvgIpc) is 2.68. The van der Waals surface area contributed by atoms with E-state index in [0.29, 0.717) is 12.0 Å². The van der Waals surface area contributed by atoms with Crippen LogP contribution in [0, 0.1) is 0 Å². The van der Waals surface area contributed by atoms with Crippen molar-refractivity contribution in [2.24, 2.45) is 5.73 Å². The van der Waals surface area contributed by atoms with Gasteiger partial charge >= 0.3 is 0 Å². The van der Waals surface area contributed by atoms with Crippen molar-refractivity contribution in [3.05, 3.63) is 28.5 Å². The average molecular weight is 213 g/mol. The highest BCUT2D eigenvalue weighted by atomic mass is 79.9. The van der Waals surface area contributed by atoms with Gasteiger partial charge in [-0.2, -0.15) is 0 Å². The van der Waals surface area contributed by atoms with E-state index in [2.05, 4.69) is 20.9 Å². The number of hydrogen-bond donors (Lipinski definition) is 1. The van der Waals surface area contributed by atoms with Crippen molar-refractivity contribution < 1.29 is 0 Å². The second-order valence-corrected chi connectivity index (χ2v) is 3.76. The molecule has 0 amide bonds. The molecule has 1 aromatic heterocycles. The molecule has 58 valence electrons. The fourth-order valence-electron chi connectivity index (χ4n) is 1.26. The van der Waals surface area contributed by atoms with Crippen LogP contribution in [0.25, 0.3) is 0 Å². The molecule has 1 aliphatic carbocycles. The summed E-state index contributed by atoms with van der Waals surface area (Å²) in [5, 5.41) is 0. The Bertz CT molecular complexity index is 275. The molecule has 0 saturated heterocycles. The molecule has 0 radical (unpaired) electrons. The van der Waals surface area contributed by atoms with E-state index in [1.54, 1.807) is 0 Å². The lowest BCUT2D eigenvalue weighted by atomic mass is 10.2. The number of pyridine rings is 1. The highest BCUT2D eigenvalue weighted by Gasteiger charge is 2.35. The van der Waals surface area contributed by atoms with E-state index >= 15 is 0 Å². The van der Waals surface area contributed by atoms with Gasteiger partial charge in [-0.25, -0.2) is 0 Å². The van der Waals surface area contributed by atoms with Gasteiger partial charge in [0.1, 0.15) is 0 Å². The van der Waals surface area contributed by atoms with Crippen LogP contribution < -0.4 is 5.73 Å². The maximum absolute atomic E-state index is 5.73. The molecule has 1 aromatic rings. The lowest BCUT2D eigenvalue weighted by Crippen LogP contribution is -2.01. The quantitative estimate of drug-likeness (QED) is 0.770. The first-order chi connectivity index (χ1) is 5.29. The fraction of sp³-hybridized carbons (Fsp3) is 0.375. The molecule has 0 bridgehead atoms. The summed E-state index contributed by atoms with van der Waals surface area (Å²) in [4.78, 5) is 3.99. The van der Waals surface area contributed by atoms with Crippen molar-refractivity contribution >= 4 is 15.9 Å². The molecular weight excluding hydrogens is 204 g/mol. The highest BCUT2D eigenvalue weighted by Crippen LogP contribution is 2.41. The second kappa shape index (κ2) is 2.57. The van der Waals surface area contributed by atoms with Crippen LogP contribution in [0.5, 0.6) is 0 Å². The molecule has 0 aromatic carbocycles. The number of nitrogens with zero attached hydrogens (tertiary/aromatic N) is 1. The first-order valence-corrected chi connectivity index (χ1v) is 4.43. The number of hydrogen-bond acceptors (Lipinski definition) is 2. The van der Waals surface area contributed by atoms with E-state index in [0.717, 1.165) is 10.9 Å². The van der Waals surface area contributed by atoms with Crippen LogP contribution >= 0.6 is 15.9 Å². The lowest BCUT2D eigenvalue weighted by molar-refractivity contribution is 0.980. The SMILES string of the molecule is NC1CC1c1ccncc1Br. The predicted molar refractivity (Wildman–Crippen MR) is 47.3 cm³/mol. The van der Waals surface area contributed by atoms with Gasteiger partial charge in [-0.1, -0.05) is 0 Å². The summed E-state index contributed by atoms with van der Waals surface area (Å²) in [5.74, 6) is 0.562. The monoisotopic (exact) mass is 212 g/mol. The van der Waals surface area contributed by atoms with Gasteiger partial charge in [-0.15, -0.1) is 0 Å². The normalized spacial score (nSPS) is 28.5. The summed E-state index contributed by atoms with van der Waals surface area (Å²) in [7, 11) is 0. The largest absolute Gasteiger partial charge is 0.327 e. The van der Waals surface area contributed by atoms with E-state index in [9.17, 15) is 0 Å². The Kier molecular flexibility index (Phi) is 1.69. The molecule has 1 saturated carbocycles. The highest BCUT2D eigenvalue weighted by molar-refractivity contribution is 9.10. The maximum atomic E-state index is 5.73. The second-order valence-electron chi connectivity index (χ2n) is 2.90. The summed E-state index contributed by atoms with van der Waals surface area (Å²) in [6, 6.07) is 2.40. The van der Waals surface area contributed by atoms with Crippen molar-refractivity contribution in [2.45, 2.75) is 18.4 Å². The molecule has 0 spiro atoms. The van der Waals surface area contributed by atoms with Gasteiger partial charge < -0.3 is 5.73 Å². The van der Waals surface area contributed by atoms with Gasteiger partial charge in [0.05, 0.1) is 0 Å². The molecule has 2 N–H and O–H groups in total. The minimum Gasteiger partial charge on any atom is -0.327 e. The topological polar surface area (TPSA) is 38.9 Å². The van der Waals surface area contributed by atoms with Crippen molar-refractivity contribution in [2.75, 3.05) is 0 Å². The minimum absolute atomic E-state index is 0.369. The molecule has 3 heteroatoms. The van der Waals surface area contributed by atoms with Crippen LogP contribution in [0.4, 0.5) is 0 Å². The molecule has 2 nitrogen and oxygen atoms in total. The van der Waals surface area contributed by atoms with E-state index in [1.807, 2.05) is 18.5 Å². The number of halogens is 1. The third-order valence-electron chi connectivity index (χ3n) is 2.04. The zero-order valence-electron chi connectivity index (χ0n) is 6.00. The summed E-state index contributed by atoms with van der Waals surface area (Å²) >= 11 is 3.45. The van der Waals surface area contributed by atoms with Gasteiger partial charge in [0, 0.05) is 28.8 Å². The first kappa shape index (κ1) is 7.25. The van der Waals surface area contributed by atoms with Crippen molar-refractivity contribution in [1.82, 2.24) is 4.98 Å². The summed E-state index contributed by atoms with van der Waals surface area (Å²) in [6.07, 6.45) is 4.74. The smallest absolute Gasteiger partial charge is 0.0413 e. The molecule has 1 fully saturated rings. The third-order valence-corrected chi connectivity index (χ3v) is 2.71. The fourth-order valence-corrected chi connectivity index (χ4v) is 1.80. The van der Waals surface area contributed by atoms with E-state index in [1.165, 1.54) is 5.56 Å². The molecule has 0 aliphatic heterocycles. The molecule has 11 heavy (non-hydrogen) atoms. The van der Waals surface area contributed by atoms with Crippen molar-refractivity contribution in [3.8, 4) is 0 Å². The van der Waals surface area contributed by atoms with E-state index < -0.39 is 0 Å². The summed E-state index contributed by atoms with van der Waals surface area (Å²) in [5.41, 5.74) is 7.02. The van der Waals surface area contributed by atoms with Crippen LogP contribution in [-0.4, -0.2) is 11.0 Å². The first-order valence-electron chi connectivity index (χ1n) is 3.64. The molecule has 2 rings (SSSR count). The lowest BCUT2D eigenvalue weighted by Gasteiger charge is -1.99. The molecule has 2 atom stereocenters. The molecule has 2 unspecified atom stereocenters. The summed E-state index contributed by atoms with van der Waals surface area (Å²) < 4.78 is 1.08. The zero-order chi connectivity index (χ0) is 7.84. The molecule has 1 heterocycles. The van der Waals surface area contributed by atoms with E-state index in [-0.39, 0.29) is 0 Å². The van der Waals surface area contributed by atoms with Crippen LogP contribution in [0.3, 0.4) is 0 Å². The predicted octanol–water partition coefficient (Wildman–Crippen LogP) is 1.66. The Morgan fingerprint density at radius 1 is 1.64 bits per heavy atom. The van der Waals surface area contributed by atoms with Gasteiger partial charge in [0.15, 0.2) is 0 Å². The Labute approximate surface area is 73.9 Å². The van der Waals surface area contributed by atoms with E-state index in [4.69, 9.17) is 5.73 Å². The van der Waals surface area contributed by atoms with Crippen molar-refractivity contribution in [1.29, 1.82) is 0 Å². The number of rotatable bonds is 1. The van der Waals surface area contributed by atoms with Crippen LogP contribution in [-0.2, 0) is 0 Å². The Hall–Kier alpha value is -0.410. The summed E-state index contributed by atoms with van der Waals surface area (Å²) in [6.45, 7) is 0. The maximum Gasteiger partial charge on any atom is 0.0413 e. The standard InChI is InChI=1S/C8H9BrN2/c9-7-4-11-2-1-5(7)6-3-8(6)10/h1-2,4,6,8H,3,10H2. The van der Waals surface area contributed by atoms with Crippen molar-refractivity contribution in [3.63, 3.8) is 0 Å². The van der Waals surface area contributed by atoms with Gasteiger partial charge in [-0.05, 0) is 34.0 Å². The Morgan fingerprint density at radius 3 is 2.91 bits per heavy atom. The number of nitrogens with two attached hydrogens (primary N) is 1. The minimum atomic E-state index is 0.369. The zero-order valence-corrected chi connectivity index (χ0v) is 7.58. The number of aromatic nitrogens is 1. The molecule has 1 aliphatic rings. The van der Waals surface area contributed by atoms with Gasteiger partial charge in [-0.3, -0.25) is 4.98 Å². The Morgan fingerprint density at radius 2 is 2.36 bits per heavy atom. The third kappa shape index (κ3) is 1.30. The molecular formula is C8H9BrN2. The van der Waals surface area contributed by atoms with Crippen LogP contribution in [0.15, 0.2) is 22.9 Å². The van der Waals surface area contributed by atoms with Crippen LogP contribution in [0.2, 0.25) is 0 Å². The van der Waals surface area contributed by atoms with Crippen LogP contribution in [0.1, 0.15) is 17.9 Å². The Balaban J connectivity index is 2.31. The van der Waals surface area contributed by atoms with Gasteiger partial charge in [0.25, 0.3) is 0 Å². The van der Waals surface area contributed by atoms with Gasteiger partial charge in [0.2, 0.25) is 0 Å².